The van der Waals surface area contributed by atoms with E-state index in [9.17, 15) is 4.79 Å². The number of rotatable bonds is 1. The molecule has 0 aliphatic rings. The van der Waals surface area contributed by atoms with E-state index in [-0.39, 0.29) is 11.4 Å². The van der Waals surface area contributed by atoms with Crippen molar-refractivity contribution in [3.63, 3.8) is 0 Å². The lowest BCUT2D eigenvalue weighted by Crippen LogP contribution is -2.15. The minimum atomic E-state index is 0. The van der Waals surface area contributed by atoms with Crippen molar-refractivity contribution in [2.75, 3.05) is 7.05 Å². The summed E-state index contributed by atoms with van der Waals surface area (Å²) in [5.74, 6) is 0.0926. The Morgan fingerprint density at radius 1 is 1.71 bits per heavy atom. The Balaban J connectivity index is 0. The molecule has 44 valence electrons. The lowest BCUT2D eigenvalue weighted by molar-refractivity contribution is -0.120. The molecule has 0 spiro atoms. The molecule has 0 aliphatic heterocycles. The summed E-state index contributed by atoms with van der Waals surface area (Å²) in [7, 11) is 1.63. The van der Waals surface area contributed by atoms with E-state index in [2.05, 4.69) is 5.32 Å². The fraction of sp³-hybridized carbons (Fsp3) is 0.750. The van der Waals surface area contributed by atoms with Gasteiger partial charge in [-0.1, -0.05) is 6.92 Å². The average molecular weight is 105 g/mol. The molecule has 0 aliphatic carbocycles. The van der Waals surface area contributed by atoms with E-state index in [0.29, 0.717) is 6.42 Å². The summed E-state index contributed by atoms with van der Waals surface area (Å²) in [5.41, 5.74) is 0. The smallest absolute Gasteiger partial charge is 0.219 e. The highest BCUT2D eigenvalue weighted by atomic mass is 16.1. The molecule has 3 nitrogen and oxygen atoms in total. The van der Waals surface area contributed by atoms with Crippen molar-refractivity contribution in [3.8, 4) is 0 Å². The molecule has 0 fully saturated rings. The maximum Gasteiger partial charge on any atom is 0.219 e. The van der Waals surface area contributed by atoms with E-state index in [1.54, 1.807) is 7.05 Å². The van der Waals surface area contributed by atoms with Crippen LogP contribution in [0.1, 0.15) is 13.3 Å². The fourth-order valence-electron chi connectivity index (χ4n) is 0.177. The van der Waals surface area contributed by atoms with E-state index in [1.165, 1.54) is 0 Å². The Labute approximate surface area is 43.0 Å². The molecule has 3 heteroatoms. The van der Waals surface area contributed by atoms with Gasteiger partial charge in [-0.25, -0.2) is 0 Å². The van der Waals surface area contributed by atoms with Crippen molar-refractivity contribution in [2.24, 2.45) is 0 Å². The van der Waals surface area contributed by atoms with Gasteiger partial charge in [0.2, 0.25) is 5.91 Å². The van der Waals surface area contributed by atoms with Gasteiger partial charge in [-0.3, -0.25) is 4.79 Å². The molecule has 0 aromatic rings. The molecule has 0 heterocycles. The second kappa shape index (κ2) is 5.43. The predicted molar refractivity (Wildman–Crippen MR) is 28.0 cm³/mol. The molecule has 1 amide bonds. The molecule has 0 atom stereocenters. The van der Waals surface area contributed by atoms with Crippen LogP contribution in [0.2, 0.25) is 0 Å². The van der Waals surface area contributed by atoms with Crippen LogP contribution in [0, 0.1) is 0 Å². The molecule has 0 radical (unpaired) electrons. The summed E-state index contributed by atoms with van der Waals surface area (Å²) in [5, 5.41) is 2.48. The predicted octanol–water partition coefficient (Wildman–Crippen LogP) is -0.682. The average Bonchev–Trinajstić information content (AvgIpc) is 1.65. The lowest BCUT2D eigenvalue weighted by atomic mass is 10.5. The van der Waals surface area contributed by atoms with Gasteiger partial charge in [0.25, 0.3) is 0 Å². The molecule has 0 saturated heterocycles. The molecule has 0 rings (SSSR count). The Bertz CT molecular complexity index is 47.7. The minimum absolute atomic E-state index is 0. The highest BCUT2D eigenvalue weighted by Crippen LogP contribution is 1.68. The monoisotopic (exact) mass is 105 g/mol. The van der Waals surface area contributed by atoms with Gasteiger partial charge in [-0.2, -0.15) is 0 Å². The Morgan fingerprint density at radius 3 is 2.14 bits per heavy atom. The van der Waals surface area contributed by atoms with E-state index in [0.717, 1.165) is 0 Å². The van der Waals surface area contributed by atoms with Crippen molar-refractivity contribution >= 4 is 5.91 Å². The van der Waals surface area contributed by atoms with Crippen LogP contribution < -0.4 is 5.32 Å². The molecule has 3 N–H and O–H groups in total. The number of nitrogens with one attached hydrogen (secondary N) is 1. The summed E-state index contributed by atoms with van der Waals surface area (Å²) in [6, 6.07) is 0. The van der Waals surface area contributed by atoms with Crippen molar-refractivity contribution in [3.05, 3.63) is 0 Å². The quantitative estimate of drug-likeness (QED) is 0.471. The van der Waals surface area contributed by atoms with E-state index in [4.69, 9.17) is 0 Å². The highest BCUT2D eigenvalue weighted by Gasteiger charge is 1.84. The largest absolute Gasteiger partial charge is 0.412 e. The van der Waals surface area contributed by atoms with Gasteiger partial charge in [0.1, 0.15) is 0 Å². The van der Waals surface area contributed by atoms with Crippen LogP contribution in [0.3, 0.4) is 0 Å². The molecular weight excluding hydrogens is 94.0 g/mol. The summed E-state index contributed by atoms with van der Waals surface area (Å²) in [6.07, 6.45) is 0.580. The molecule has 0 bridgehead atoms. The summed E-state index contributed by atoms with van der Waals surface area (Å²) >= 11 is 0. The third-order valence-electron chi connectivity index (χ3n) is 0.600. The summed E-state index contributed by atoms with van der Waals surface area (Å²) in [6.45, 7) is 1.82. The van der Waals surface area contributed by atoms with Gasteiger partial charge in [0, 0.05) is 13.5 Å². The number of hydrogen-bond acceptors (Lipinski definition) is 1. The van der Waals surface area contributed by atoms with Crippen LogP contribution in [-0.4, -0.2) is 18.4 Å². The van der Waals surface area contributed by atoms with Gasteiger partial charge < -0.3 is 10.8 Å². The first kappa shape index (κ1) is 9.66. The Morgan fingerprint density at radius 2 is 2.14 bits per heavy atom. The van der Waals surface area contributed by atoms with Crippen molar-refractivity contribution in [1.29, 1.82) is 0 Å². The van der Waals surface area contributed by atoms with Gasteiger partial charge in [-0.05, 0) is 0 Å². The molecule has 0 aromatic carbocycles. The third kappa shape index (κ3) is 5.43. The van der Waals surface area contributed by atoms with Crippen molar-refractivity contribution in [1.82, 2.24) is 5.32 Å². The molecular formula is C4H11NO2. The lowest BCUT2D eigenvalue weighted by Gasteiger charge is -1.87. The van der Waals surface area contributed by atoms with Gasteiger partial charge in [0.05, 0.1) is 0 Å². The summed E-state index contributed by atoms with van der Waals surface area (Å²) in [4.78, 5) is 10.1. The van der Waals surface area contributed by atoms with E-state index in [1.807, 2.05) is 6.92 Å². The Hall–Kier alpha value is -0.570. The first-order valence-corrected chi connectivity index (χ1v) is 2.01. The topological polar surface area (TPSA) is 60.6 Å². The minimum Gasteiger partial charge on any atom is -0.412 e. The first-order valence-electron chi connectivity index (χ1n) is 2.01. The number of amides is 1. The van der Waals surface area contributed by atoms with Crippen LogP contribution in [-0.2, 0) is 4.79 Å². The van der Waals surface area contributed by atoms with Crippen LogP contribution in [0.4, 0.5) is 0 Å². The van der Waals surface area contributed by atoms with Crippen LogP contribution >= 0.6 is 0 Å². The standard InChI is InChI=1S/C4H9NO.H2O/c1-3-4(6)5-2;/h3H2,1-2H3,(H,5,6);1H2. The fourth-order valence-corrected chi connectivity index (χ4v) is 0.177. The normalized spacial score (nSPS) is 6.57. The van der Waals surface area contributed by atoms with Crippen LogP contribution in [0.5, 0.6) is 0 Å². The number of carbonyl (C=O) groups is 1. The molecule has 0 saturated carbocycles. The van der Waals surface area contributed by atoms with Gasteiger partial charge in [0.15, 0.2) is 0 Å². The second-order valence-corrected chi connectivity index (χ2v) is 1.03. The zero-order valence-electron chi connectivity index (χ0n) is 4.62. The van der Waals surface area contributed by atoms with E-state index < -0.39 is 0 Å². The van der Waals surface area contributed by atoms with Gasteiger partial charge in [-0.15, -0.1) is 0 Å². The molecule has 7 heavy (non-hydrogen) atoms. The highest BCUT2D eigenvalue weighted by molar-refractivity contribution is 5.74. The van der Waals surface area contributed by atoms with Crippen molar-refractivity contribution in [2.45, 2.75) is 13.3 Å². The maximum absolute atomic E-state index is 10.1. The Kier molecular flexibility index (Phi) is 7.49. The summed E-state index contributed by atoms with van der Waals surface area (Å²) < 4.78 is 0. The zero-order chi connectivity index (χ0) is 4.99. The second-order valence-electron chi connectivity index (χ2n) is 1.03. The molecule has 0 aromatic heterocycles. The van der Waals surface area contributed by atoms with Gasteiger partial charge >= 0.3 is 0 Å². The number of hydrogen-bond donors (Lipinski definition) is 1. The first-order chi connectivity index (χ1) is 2.81. The van der Waals surface area contributed by atoms with Crippen LogP contribution in [0.25, 0.3) is 0 Å². The third-order valence-corrected chi connectivity index (χ3v) is 0.600. The van der Waals surface area contributed by atoms with Crippen molar-refractivity contribution < 1.29 is 10.3 Å². The SMILES string of the molecule is CCC(=O)NC.O. The maximum atomic E-state index is 10.1. The molecule has 0 unspecified atom stereocenters. The number of carbonyl (C=O) groups excluding carboxylic acids is 1. The van der Waals surface area contributed by atoms with E-state index >= 15 is 0 Å². The zero-order valence-corrected chi connectivity index (χ0v) is 4.62. The van der Waals surface area contributed by atoms with Crippen LogP contribution in [0.15, 0.2) is 0 Å².